The second-order valence-corrected chi connectivity index (χ2v) is 8.43. The predicted molar refractivity (Wildman–Crippen MR) is 129 cm³/mol. The Morgan fingerprint density at radius 3 is 2.59 bits per heavy atom. The molecule has 4 rings (SSSR count). The van der Waals surface area contributed by atoms with E-state index in [1.165, 1.54) is 17.5 Å². The standard InChI is InChI=1S/C24H23N5O2S/c1-14(2)16-8-6-10-26-21(16)29-22-19(11-15(12-27-22)23(30)25-3)28-24(31)18-13-32-20-9-5-4-7-17(18)20/h4-14H,1-3H3,(H,25,30)(H,28,31)(H,26,27,29). The van der Waals surface area contributed by atoms with Gasteiger partial charge in [-0.3, -0.25) is 9.59 Å². The molecule has 0 radical (unpaired) electrons. The third-order valence-electron chi connectivity index (χ3n) is 5.05. The van der Waals surface area contributed by atoms with Gasteiger partial charge in [-0.25, -0.2) is 9.97 Å². The fourth-order valence-electron chi connectivity index (χ4n) is 3.37. The highest BCUT2D eigenvalue weighted by Crippen LogP contribution is 2.30. The van der Waals surface area contributed by atoms with Crippen molar-refractivity contribution in [3.05, 3.63) is 76.9 Å². The van der Waals surface area contributed by atoms with Crippen LogP contribution in [0.5, 0.6) is 0 Å². The summed E-state index contributed by atoms with van der Waals surface area (Å²) >= 11 is 1.51. The highest BCUT2D eigenvalue weighted by molar-refractivity contribution is 7.17. The maximum Gasteiger partial charge on any atom is 0.257 e. The third-order valence-corrected chi connectivity index (χ3v) is 6.01. The van der Waals surface area contributed by atoms with Crippen molar-refractivity contribution in [3.63, 3.8) is 0 Å². The highest BCUT2D eigenvalue weighted by Gasteiger charge is 2.18. The summed E-state index contributed by atoms with van der Waals surface area (Å²) in [5, 5.41) is 11.5. The van der Waals surface area contributed by atoms with Gasteiger partial charge in [0.15, 0.2) is 5.82 Å². The largest absolute Gasteiger partial charge is 0.355 e. The molecule has 162 valence electrons. The Bertz CT molecular complexity index is 1300. The maximum atomic E-state index is 13.1. The summed E-state index contributed by atoms with van der Waals surface area (Å²) in [4.78, 5) is 34.2. The van der Waals surface area contributed by atoms with E-state index in [2.05, 4.69) is 39.8 Å². The van der Waals surface area contributed by atoms with Crippen molar-refractivity contribution in [1.82, 2.24) is 15.3 Å². The van der Waals surface area contributed by atoms with Crippen molar-refractivity contribution in [1.29, 1.82) is 0 Å². The van der Waals surface area contributed by atoms with Crippen molar-refractivity contribution in [2.24, 2.45) is 0 Å². The SMILES string of the molecule is CNC(=O)c1cnc(Nc2ncccc2C(C)C)c(NC(=O)c2csc3ccccc23)c1. The molecule has 32 heavy (non-hydrogen) atoms. The number of nitrogens with one attached hydrogen (secondary N) is 3. The van der Waals surface area contributed by atoms with Crippen LogP contribution in [0.25, 0.3) is 10.1 Å². The Kier molecular flexibility index (Phi) is 6.13. The van der Waals surface area contributed by atoms with E-state index in [1.807, 2.05) is 41.8 Å². The van der Waals surface area contributed by atoms with Crippen LogP contribution in [0.1, 0.15) is 46.0 Å². The van der Waals surface area contributed by atoms with E-state index in [9.17, 15) is 9.59 Å². The van der Waals surface area contributed by atoms with Crippen molar-refractivity contribution < 1.29 is 9.59 Å². The van der Waals surface area contributed by atoms with Crippen LogP contribution in [0.15, 0.2) is 60.2 Å². The molecule has 0 unspecified atom stereocenters. The second-order valence-electron chi connectivity index (χ2n) is 7.52. The average molecular weight is 446 g/mol. The number of thiophene rings is 1. The molecular formula is C24H23N5O2S. The summed E-state index contributed by atoms with van der Waals surface area (Å²) in [5.41, 5.74) is 2.33. The normalized spacial score (nSPS) is 10.9. The quantitative estimate of drug-likeness (QED) is 0.380. The Morgan fingerprint density at radius 2 is 1.81 bits per heavy atom. The molecule has 2 amide bonds. The second kappa shape index (κ2) is 9.15. The van der Waals surface area contributed by atoms with Gasteiger partial charge in [0.05, 0.1) is 16.8 Å². The number of carbonyl (C=O) groups is 2. The number of hydrogen-bond donors (Lipinski definition) is 3. The van der Waals surface area contributed by atoms with E-state index < -0.39 is 0 Å². The smallest absolute Gasteiger partial charge is 0.257 e. The summed E-state index contributed by atoms with van der Waals surface area (Å²) in [5.74, 6) is 0.740. The molecular weight excluding hydrogens is 422 g/mol. The van der Waals surface area contributed by atoms with E-state index in [-0.39, 0.29) is 17.7 Å². The zero-order valence-corrected chi connectivity index (χ0v) is 18.8. The minimum atomic E-state index is -0.291. The highest BCUT2D eigenvalue weighted by atomic mass is 32.1. The summed E-state index contributed by atoms with van der Waals surface area (Å²) in [6.45, 7) is 4.16. The first-order chi connectivity index (χ1) is 15.5. The first kappa shape index (κ1) is 21.5. The number of benzene rings is 1. The molecule has 0 spiro atoms. The fourth-order valence-corrected chi connectivity index (χ4v) is 4.31. The van der Waals surface area contributed by atoms with Crippen LogP contribution < -0.4 is 16.0 Å². The van der Waals surface area contributed by atoms with Crippen molar-refractivity contribution in [2.75, 3.05) is 17.7 Å². The van der Waals surface area contributed by atoms with Gasteiger partial charge in [-0.15, -0.1) is 11.3 Å². The van der Waals surface area contributed by atoms with Crippen LogP contribution in [0.2, 0.25) is 0 Å². The van der Waals surface area contributed by atoms with Crippen LogP contribution >= 0.6 is 11.3 Å². The lowest BCUT2D eigenvalue weighted by Gasteiger charge is -2.16. The molecule has 4 aromatic rings. The van der Waals surface area contributed by atoms with Crippen molar-refractivity contribution in [3.8, 4) is 0 Å². The molecule has 0 aliphatic heterocycles. The van der Waals surface area contributed by atoms with Gasteiger partial charge in [0.2, 0.25) is 0 Å². The average Bonchev–Trinajstić information content (AvgIpc) is 3.24. The Balaban J connectivity index is 1.72. The Labute approximate surface area is 189 Å². The fraction of sp³-hybridized carbons (Fsp3) is 0.167. The maximum absolute atomic E-state index is 13.1. The van der Waals surface area contributed by atoms with Gasteiger partial charge < -0.3 is 16.0 Å². The van der Waals surface area contributed by atoms with Crippen molar-refractivity contribution >= 4 is 50.6 Å². The monoisotopic (exact) mass is 445 g/mol. The molecule has 0 saturated carbocycles. The number of pyridine rings is 2. The first-order valence-electron chi connectivity index (χ1n) is 10.2. The van der Waals surface area contributed by atoms with Gasteiger partial charge in [0.1, 0.15) is 5.82 Å². The molecule has 0 atom stereocenters. The van der Waals surface area contributed by atoms with Gasteiger partial charge in [0.25, 0.3) is 11.8 Å². The minimum absolute atomic E-state index is 0.242. The Morgan fingerprint density at radius 1 is 1.00 bits per heavy atom. The van der Waals surface area contributed by atoms with Gasteiger partial charge >= 0.3 is 0 Å². The van der Waals surface area contributed by atoms with Crippen LogP contribution in [0.3, 0.4) is 0 Å². The number of aromatic nitrogens is 2. The molecule has 1 aromatic carbocycles. The van der Waals surface area contributed by atoms with Gasteiger partial charge in [-0.2, -0.15) is 0 Å². The number of fused-ring (bicyclic) bond motifs is 1. The topological polar surface area (TPSA) is 96.0 Å². The van der Waals surface area contributed by atoms with E-state index in [0.29, 0.717) is 28.5 Å². The lowest BCUT2D eigenvalue weighted by Crippen LogP contribution is -2.20. The van der Waals surface area contributed by atoms with E-state index in [4.69, 9.17) is 0 Å². The van der Waals surface area contributed by atoms with Gasteiger partial charge in [-0.05, 0) is 29.7 Å². The van der Waals surface area contributed by atoms with E-state index in [1.54, 1.807) is 19.3 Å². The summed E-state index contributed by atoms with van der Waals surface area (Å²) < 4.78 is 1.03. The van der Waals surface area contributed by atoms with Crippen LogP contribution in [-0.4, -0.2) is 28.8 Å². The number of nitrogens with zero attached hydrogens (tertiary/aromatic N) is 2. The van der Waals surface area contributed by atoms with Gasteiger partial charge in [0, 0.05) is 34.9 Å². The molecule has 0 aliphatic carbocycles. The zero-order valence-electron chi connectivity index (χ0n) is 18.0. The number of amides is 2. The van der Waals surface area contributed by atoms with E-state index in [0.717, 1.165) is 15.6 Å². The summed E-state index contributed by atoms with van der Waals surface area (Å²) in [6.07, 6.45) is 3.16. The lowest BCUT2D eigenvalue weighted by atomic mass is 10.0. The number of carbonyl (C=O) groups excluding carboxylic acids is 2. The summed E-state index contributed by atoms with van der Waals surface area (Å²) in [7, 11) is 1.55. The molecule has 3 heterocycles. The van der Waals surface area contributed by atoms with Gasteiger partial charge in [-0.1, -0.05) is 38.1 Å². The molecule has 3 aromatic heterocycles. The number of rotatable bonds is 6. The van der Waals surface area contributed by atoms with Crippen LogP contribution in [0, 0.1) is 0 Å². The third kappa shape index (κ3) is 4.31. The summed E-state index contributed by atoms with van der Waals surface area (Å²) in [6, 6.07) is 13.2. The molecule has 3 N–H and O–H groups in total. The van der Waals surface area contributed by atoms with E-state index >= 15 is 0 Å². The van der Waals surface area contributed by atoms with Crippen molar-refractivity contribution in [2.45, 2.75) is 19.8 Å². The van der Waals surface area contributed by atoms with Crippen LogP contribution in [-0.2, 0) is 0 Å². The minimum Gasteiger partial charge on any atom is -0.355 e. The number of hydrogen-bond acceptors (Lipinski definition) is 6. The number of anilines is 3. The molecule has 0 bridgehead atoms. The molecule has 7 nitrogen and oxygen atoms in total. The Hall–Kier alpha value is -3.78. The zero-order chi connectivity index (χ0) is 22.7. The molecule has 0 fully saturated rings. The lowest BCUT2D eigenvalue weighted by molar-refractivity contribution is 0.0961. The molecule has 0 aliphatic rings. The first-order valence-corrected chi connectivity index (χ1v) is 11.1. The molecule has 0 saturated heterocycles. The molecule has 8 heteroatoms. The van der Waals surface area contributed by atoms with Crippen LogP contribution in [0.4, 0.5) is 17.3 Å². The predicted octanol–water partition coefficient (Wildman–Crippen LogP) is 5.17.